The highest BCUT2D eigenvalue weighted by Gasteiger charge is 2.30. The van der Waals surface area contributed by atoms with Gasteiger partial charge in [-0.1, -0.05) is 23.7 Å². The van der Waals surface area contributed by atoms with Gasteiger partial charge in [0.15, 0.2) is 0 Å². The molecule has 0 amide bonds. The lowest BCUT2D eigenvalue weighted by atomic mass is 9.89. The summed E-state index contributed by atoms with van der Waals surface area (Å²) in [6, 6.07) is 13.5. The van der Waals surface area contributed by atoms with Crippen LogP contribution in [0.15, 0.2) is 48.9 Å². The number of aromatic nitrogens is 5. The van der Waals surface area contributed by atoms with Gasteiger partial charge in [0, 0.05) is 67.8 Å². The first-order valence-electron chi connectivity index (χ1n) is 14.9. The number of nitrogen functional groups attached to an aromatic ring is 1. The van der Waals surface area contributed by atoms with Crippen molar-refractivity contribution in [3.05, 3.63) is 59.5 Å². The second-order valence-corrected chi connectivity index (χ2v) is 12.4. The summed E-state index contributed by atoms with van der Waals surface area (Å²) in [4.78, 5) is 19.0. The van der Waals surface area contributed by atoms with Gasteiger partial charge in [-0.25, -0.2) is 15.0 Å². The molecule has 2 aromatic carbocycles. The van der Waals surface area contributed by atoms with Gasteiger partial charge in [-0.15, -0.1) is 0 Å². The van der Waals surface area contributed by atoms with Crippen molar-refractivity contribution in [2.45, 2.75) is 44.7 Å². The van der Waals surface area contributed by atoms with Gasteiger partial charge in [-0.05, 0) is 75.0 Å². The number of anilines is 3. The molecular weight excluding hydrogens is 546 g/mol. The van der Waals surface area contributed by atoms with Crippen LogP contribution in [0.1, 0.15) is 37.3 Å². The Balaban J connectivity index is 1.13. The van der Waals surface area contributed by atoms with Gasteiger partial charge in [0.05, 0.1) is 16.4 Å². The maximum absolute atomic E-state index is 6.47. The van der Waals surface area contributed by atoms with Crippen LogP contribution < -0.4 is 11.1 Å². The monoisotopic (exact) mass is 583 g/mol. The molecule has 0 atom stereocenters. The van der Waals surface area contributed by atoms with Crippen LogP contribution in [0.5, 0.6) is 0 Å². The van der Waals surface area contributed by atoms with Gasteiger partial charge >= 0.3 is 0 Å². The molecule has 10 heteroatoms. The molecule has 218 valence electrons. The minimum absolute atomic E-state index is 0.412. The number of fused-ring (bicyclic) bond motifs is 2. The zero-order valence-electron chi connectivity index (χ0n) is 24.5. The number of piperazine rings is 1. The maximum Gasteiger partial charge on any atom is 0.208 e. The van der Waals surface area contributed by atoms with Crippen molar-refractivity contribution in [3.8, 4) is 11.1 Å². The fourth-order valence-electron chi connectivity index (χ4n) is 6.79. The Hall–Kier alpha value is -3.66. The van der Waals surface area contributed by atoms with E-state index in [-0.39, 0.29) is 0 Å². The molecule has 3 aromatic heterocycles. The van der Waals surface area contributed by atoms with Crippen LogP contribution in [0, 0.1) is 6.92 Å². The third-order valence-corrected chi connectivity index (χ3v) is 9.77. The molecule has 1 saturated heterocycles. The highest BCUT2D eigenvalue weighted by Crippen LogP contribution is 2.39. The van der Waals surface area contributed by atoms with Gasteiger partial charge < -0.3 is 25.1 Å². The fraction of sp³-hybridized carbons (Fsp3) is 0.406. The standard InChI is InChI=1S/C32H38ClN9/c1-20-16-28-27(17-26(20)33)38-32(40(28)3)37-22-6-4-21(5-7-22)25-18-42(31-29(25)30(34)35-19-36-31)24-10-8-23(9-11-24)41-14-12-39(2)13-15-41/h4-7,16-19,23-24H,8-15H2,1-3H3,(H,37,38)(H2,34,35,36)/t23-,24+. The summed E-state index contributed by atoms with van der Waals surface area (Å²) in [7, 11) is 4.23. The molecule has 9 nitrogen and oxygen atoms in total. The molecular formula is C32H38ClN9. The van der Waals surface area contributed by atoms with Crippen molar-refractivity contribution in [2.24, 2.45) is 7.05 Å². The Morgan fingerprint density at radius 1 is 0.929 bits per heavy atom. The number of likely N-dealkylation sites (N-methyl/N-ethyl adjacent to an activating group) is 1. The number of benzene rings is 2. The molecule has 3 N–H and O–H groups in total. The molecule has 0 radical (unpaired) electrons. The molecule has 1 aliphatic carbocycles. The maximum atomic E-state index is 6.47. The second-order valence-electron chi connectivity index (χ2n) is 12.0. The molecule has 7 rings (SSSR count). The van der Waals surface area contributed by atoms with E-state index in [9.17, 15) is 0 Å². The Morgan fingerprint density at radius 2 is 1.64 bits per heavy atom. The smallest absolute Gasteiger partial charge is 0.208 e. The lowest BCUT2D eigenvalue weighted by Gasteiger charge is -2.41. The molecule has 0 bridgehead atoms. The fourth-order valence-corrected chi connectivity index (χ4v) is 6.94. The first kappa shape index (κ1) is 27.2. The summed E-state index contributed by atoms with van der Waals surface area (Å²) in [5.41, 5.74) is 13.5. The summed E-state index contributed by atoms with van der Waals surface area (Å²) < 4.78 is 4.41. The Bertz CT molecular complexity index is 1740. The minimum atomic E-state index is 0.412. The van der Waals surface area contributed by atoms with Gasteiger partial charge in [0.25, 0.3) is 0 Å². The van der Waals surface area contributed by atoms with Crippen LogP contribution in [-0.4, -0.2) is 73.2 Å². The topological polar surface area (TPSA) is 93.1 Å². The van der Waals surface area contributed by atoms with Crippen LogP contribution in [-0.2, 0) is 7.05 Å². The summed E-state index contributed by atoms with van der Waals surface area (Å²) >= 11 is 6.34. The molecule has 0 spiro atoms. The largest absolute Gasteiger partial charge is 0.383 e. The molecule has 1 aliphatic heterocycles. The zero-order chi connectivity index (χ0) is 29.0. The number of hydrogen-bond donors (Lipinski definition) is 2. The Labute approximate surface area is 251 Å². The molecule has 5 aromatic rings. The van der Waals surface area contributed by atoms with E-state index in [1.54, 1.807) is 6.33 Å². The summed E-state index contributed by atoms with van der Waals surface area (Å²) in [5, 5.41) is 5.12. The van der Waals surface area contributed by atoms with Crippen molar-refractivity contribution in [1.82, 2.24) is 33.9 Å². The molecule has 2 fully saturated rings. The number of imidazole rings is 1. The number of nitrogens with zero attached hydrogens (tertiary/aromatic N) is 7. The van der Waals surface area contributed by atoms with Crippen LogP contribution in [0.3, 0.4) is 0 Å². The second kappa shape index (κ2) is 10.9. The van der Waals surface area contributed by atoms with E-state index in [1.165, 1.54) is 39.0 Å². The third-order valence-electron chi connectivity index (χ3n) is 9.37. The quantitative estimate of drug-likeness (QED) is 0.262. The van der Waals surface area contributed by atoms with Gasteiger partial charge in [-0.2, -0.15) is 0 Å². The number of nitrogens with two attached hydrogens (primary N) is 1. The van der Waals surface area contributed by atoms with Crippen molar-refractivity contribution < 1.29 is 0 Å². The van der Waals surface area contributed by atoms with Crippen molar-refractivity contribution >= 4 is 51.1 Å². The zero-order valence-corrected chi connectivity index (χ0v) is 25.3. The summed E-state index contributed by atoms with van der Waals surface area (Å²) in [6.45, 7) is 6.71. The van der Waals surface area contributed by atoms with Crippen molar-refractivity contribution in [3.63, 3.8) is 0 Å². The number of rotatable bonds is 5. The Morgan fingerprint density at radius 3 is 2.38 bits per heavy atom. The normalized spacial score (nSPS) is 20.5. The first-order valence-corrected chi connectivity index (χ1v) is 15.3. The molecule has 1 saturated carbocycles. The average molecular weight is 584 g/mol. The highest BCUT2D eigenvalue weighted by atomic mass is 35.5. The average Bonchev–Trinajstić information content (AvgIpc) is 3.53. The highest BCUT2D eigenvalue weighted by molar-refractivity contribution is 6.32. The van der Waals surface area contributed by atoms with E-state index in [4.69, 9.17) is 27.3 Å². The van der Waals surface area contributed by atoms with Gasteiger partial charge in [-0.3, -0.25) is 4.90 Å². The molecule has 0 unspecified atom stereocenters. The molecule has 4 heterocycles. The predicted octanol–water partition coefficient (Wildman–Crippen LogP) is 6.00. The third kappa shape index (κ3) is 4.89. The number of halogens is 1. The van der Waals surface area contributed by atoms with Crippen LogP contribution in [0.25, 0.3) is 33.2 Å². The first-order chi connectivity index (χ1) is 20.4. The number of nitrogens with one attached hydrogen (secondary N) is 1. The predicted molar refractivity (Wildman–Crippen MR) is 171 cm³/mol. The number of hydrogen-bond acceptors (Lipinski definition) is 7. The van der Waals surface area contributed by atoms with Crippen LogP contribution in [0.2, 0.25) is 5.02 Å². The SMILES string of the molecule is Cc1cc2c(cc1Cl)nc(Nc1ccc(-c3cn([C@H]4CC[C@@H](N5CCN(C)CC5)CC4)c4ncnc(N)c34)cc1)n2C. The minimum Gasteiger partial charge on any atom is -0.383 e. The molecule has 42 heavy (non-hydrogen) atoms. The van der Waals surface area contributed by atoms with E-state index in [0.717, 1.165) is 68.3 Å². The summed E-state index contributed by atoms with van der Waals surface area (Å²) in [6.07, 6.45) is 8.57. The number of aryl methyl sites for hydroxylation is 2. The van der Waals surface area contributed by atoms with E-state index in [1.807, 2.05) is 20.0 Å². The molecule has 2 aliphatic rings. The Kier molecular flexibility index (Phi) is 7.04. The van der Waals surface area contributed by atoms with Crippen LogP contribution >= 0.6 is 11.6 Å². The van der Waals surface area contributed by atoms with E-state index < -0.39 is 0 Å². The van der Waals surface area contributed by atoms with E-state index in [2.05, 4.69) is 72.8 Å². The van der Waals surface area contributed by atoms with Crippen molar-refractivity contribution in [2.75, 3.05) is 44.3 Å². The lowest BCUT2D eigenvalue weighted by molar-refractivity contribution is 0.0828. The van der Waals surface area contributed by atoms with Crippen LogP contribution in [0.4, 0.5) is 17.5 Å². The van der Waals surface area contributed by atoms with E-state index >= 15 is 0 Å². The lowest BCUT2D eigenvalue weighted by Crippen LogP contribution is -2.49. The van der Waals surface area contributed by atoms with Crippen molar-refractivity contribution in [1.29, 1.82) is 0 Å². The van der Waals surface area contributed by atoms with E-state index in [0.29, 0.717) is 17.9 Å². The van der Waals surface area contributed by atoms with Gasteiger partial charge in [0.2, 0.25) is 5.95 Å². The van der Waals surface area contributed by atoms with Gasteiger partial charge in [0.1, 0.15) is 17.8 Å². The summed E-state index contributed by atoms with van der Waals surface area (Å²) in [5.74, 6) is 1.29.